The van der Waals surface area contributed by atoms with Crippen LogP contribution in [0.3, 0.4) is 0 Å². The van der Waals surface area contributed by atoms with Crippen molar-refractivity contribution < 1.29 is 4.74 Å². The molecular weight excluding hydrogens is 488 g/mol. The molecule has 0 radical (unpaired) electrons. The van der Waals surface area contributed by atoms with E-state index < -0.39 is 0 Å². The molecule has 0 unspecified atom stereocenters. The average molecular weight is 525 g/mol. The summed E-state index contributed by atoms with van der Waals surface area (Å²) in [6.45, 7) is 9.60. The van der Waals surface area contributed by atoms with Crippen LogP contribution in [0.2, 0.25) is 0 Å². The molecule has 1 N–H and O–H groups in total. The van der Waals surface area contributed by atoms with Crippen molar-refractivity contribution >= 4 is 28.4 Å². The number of fused-ring (bicyclic) bond motifs is 1. The Morgan fingerprint density at radius 1 is 1.00 bits per heavy atom. The standard InChI is InChI=1S/C31H36N6O2/c1-21-7-4-5-9-26(21)27-18-23-19-32-31(34-29(23)37(30(27)38)20-25-8-6-16-39-25)33-24-10-11-28(22(2)17-24)36-14-12-35(3)13-15-36/h4-5,7,9-11,17-19,25H,6,8,12-16,20H2,1-3H3,(H,32,33,34)/t25-/m1/s1. The van der Waals surface area contributed by atoms with Gasteiger partial charge in [0.2, 0.25) is 5.95 Å². The zero-order valence-electron chi connectivity index (χ0n) is 23.0. The van der Waals surface area contributed by atoms with Crippen LogP contribution in [-0.2, 0) is 11.3 Å². The fourth-order valence-corrected chi connectivity index (χ4v) is 5.71. The number of rotatable bonds is 6. The predicted molar refractivity (Wildman–Crippen MR) is 157 cm³/mol. The molecule has 1 atom stereocenters. The minimum atomic E-state index is -0.0516. The number of benzene rings is 2. The summed E-state index contributed by atoms with van der Waals surface area (Å²) < 4.78 is 7.69. The summed E-state index contributed by atoms with van der Waals surface area (Å²) in [7, 11) is 2.17. The summed E-state index contributed by atoms with van der Waals surface area (Å²) in [4.78, 5) is 28.2. The van der Waals surface area contributed by atoms with Crippen LogP contribution in [0, 0.1) is 13.8 Å². The van der Waals surface area contributed by atoms with Crippen LogP contribution in [0.25, 0.3) is 22.2 Å². The van der Waals surface area contributed by atoms with Crippen LogP contribution >= 0.6 is 0 Å². The average Bonchev–Trinajstić information content (AvgIpc) is 3.45. The van der Waals surface area contributed by atoms with Gasteiger partial charge in [-0.15, -0.1) is 0 Å². The van der Waals surface area contributed by atoms with E-state index in [1.54, 1.807) is 4.57 Å². The van der Waals surface area contributed by atoms with E-state index in [-0.39, 0.29) is 11.7 Å². The minimum absolute atomic E-state index is 0.00848. The van der Waals surface area contributed by atoms with E-state index >= 15 is 0 Å². The Hall–Kier alpha value is -3.75. The molecule has 8 heteroatoms. The lowest BCUT2D eigenvalue weighted by Crippen LogP contribution is -2.44. The van der Waals surface area contributed by atoms with Gasteiger partial charge in [0.1, 0.15) is 5.65 Å². The Kier molecular flexibility index (Phi) is 7.06. The van der Waals surface area contributed by atoms with Crippen LogP contribution in [-0.4, -0.2) is 65.4 Å². The van der Waals surface area contributed by atoms with Crippen molar-refractivity contribution in [3.63, 3.8) is 0 Å². The molecule has 4 aromatic rings. The number of hydrogen-bond donors (Lipinski definition) is 1. The van der Waals surface area contributed by atoms with Crippen molar-refractivity contribution in [1.82, 2.24) is 19.4 Å². The van der Waals surface area contributed by atoms with E-state index in [1.165, 1.54) is 11.3 Å². The molecule has 8 nitrogen and oxygen atoms in total. The predicted octanol–water partition coefficient (Wildman–Crippen LogP) is 4.75. The molecule has 2 aromatic heterocycles. The van der Waals surface area contributed by atoms with E-state index in [2.05, 4.69) is 52.3 Å². The molecule has 2 saturated heterocycles. The number of nitrogens with zero attached hydrogens (tertiary/aromatic N) is 5. The van der Waals surface area contributed by atoms with Crippen molar-refractivity contribution in [2.24, 2.45) is 0 Å². The summed E-state index contributed by atoms with van der Waals surface area (Å²) in [6, 6.07) is 16.3. The quantitative estimate of drug-likeness (QED) is 0.390. The van der Waals surface area contributed by atoms with Gasteiger partial charge in [-0.1, -0.05) is 24.3 Å². The fraction of sp³-hybridized carbons (Fsp3) is 0.387. The number of piperazine rings is 1. The van der Waals surface area contributed by atoms with Crippen molar-refractivity contribution in [2.45, 2.75) is 39.3 Å². The number of hydrogen-bond acceptors (Lipinski definition) is 7. The highest BCUT2D eigenvalue weighted by molar-refractivity contribution is 5.82. The lowest BCUT2D eigenvalue weighted by atomic mass is 10.0. The number of anilines is 3. The molecular formula is C31H36N6O2. The second-order valence-corrected chi connectivity index (χ2v) is 10.8. The summed E-state index contributed by atoms with van der Waals surface area (Å²) in [5.74, 6) is 0.471. The first-order chi connectivity index (χ1) is 19.0. The maximum atomic E-state index is 13.9. The SMILES string of the molecule is Cc1ccccc1-c1cc2cnc(Nc3ccc(N4CCN(C)CC4)c(C)c3)nc2n(C[C@H]2CCCO2)c1=O. The Bertz CT molecular complexity index is 1550. The zero-order chi connectivity index (χ0) is 26.9. The number of nitrogens with one attached hydrogen (secondary N) is 1. The van der Waals surface area contributed by atoms with Crippen molar-refractivity contribution in [3.05, 3.63) is 76.2 Å². The topological polar surface area (TPSA) is 75.5 Å². The number of pyridine rings is 1. The Balaban J connectivity index is 1.35. The third-order valence-electron chi connectivity index (χ3n) is 7.97. The first-order valence-corrected chi connectivity index (χ1v) is 13.9. The lowest BCUT2D eigenvalue weighted by Gasteiger charge is -2.35. The van der Waals surface area contributed by atoms with Gasteiger partial charge in [-0.25, -0.2) is 4.98 Å². The Morgan fingerprint density at radius 2 is 1.82 bits per heavy atom. The van der Waals surface area contributed by atoms with Crippen LogP contribution in [0.5, 0.6) is 0 Å². The first-order valence-electron chi connectivity index (χ1n) is 13.9. The summed E-state index contributed by atoms with van der Waals surface area (Å²) in [6.07, 6.45) is 3.77. The van der Waals surface area contributed by atoms with E-state index in [0.717, 1.165) is 67.8 Å². The molecule has 0 spiro atoms. The molecule has 0 amide bonds. The second kappa shape index (κ2) is 10.8. The summed E-state index contributed by atoms with van der Waals surface area (Å²) in [5.41, 5.74) is 6.63. The molecule has 4 heterocycles. The van der Waals surface area contributed by atoms with Gasteiger partial charge in [0.05, 0.1) is 12.6 Å². The zero-order valence-corrected chi connectivity index (χ0v) is 23.0. The fourth-order valence-electron chi connectivity index (χ4n) is 5.71. The van der Waals surface area contributed by atoms with Gasteiger partial charge in [0.15, 0.2) is 0 Å². The number of aromatic nitrogens is 3. The lowest BCUT2D eigenvalue weighted by molar-refractivity contribution is 0.0971. The van der Waals surface area contributed by atoms with Crippen LogP contribution < -0.4 is 15.8 Å². The number of aryl methyl sites for hydroxylation is 2. The molecule has 2 aliphatic heterocycles. The molecule has 39 heavy (non-hydrogen) atoms. The van der Waals surface area contributed by atoms with Gasteiger partial charge in [-0.2, -0.15) is 4.98 Å². The number of likely N-dealkylation sites (N-methyl/N-ethyl adjacent to an activating group) is 1. The molecule has 6 rings (SSSR count). The van der Waals surface area contributed by atoms with Crippen LogP contribution in [0.4, 0.5) is 17.3 Å². The van der Waals surface area contributed by atoms with Gasteiger partial charge in [-0.3, -0.25) is 9.36 Å². The first kappa shape index (κ1) is 25.5. The smallest absolute Gasteiger partial charge is 0.260 e. The van der Waals surface area contributed by atoms with Crippen molar-refractivity contribution in [2.75, 3.05) is 50.1 Å². The summed E-state index contributed by atoms with van der Waals surface area (Å²) in [5, 5.41) is 4.21. The van der Waals surface area contributed by atoms with Crippen LogP contribution in [0.1, 0.15) is 24.0 Å². The Morgan fingerprint density at radius 3 is 2.56 bits per heavy atom. The third-order valence-corrected chi connectivity index (χ3v) is 7.97. The molecule has 0 saturated carbocycles. The molecule has 202 valence electrons. The van der Waals surface area contributed by atoms with E-state index in [1.807, 2.05) is 43.5 Å². The molecule has 2 fully saturated rings. The van der Waals surface area contributed by atoms with E-state index in [9.17, 15) is 4.79 Å². The van der Waals surface area contributed by atoms with Crippen LogP contribution in [0.15, 0.2) is 59.5 Å². The van der Waals surface area contributed by atoms with Gasteiger partial charge in [0.25, 0.3) is 5.56 Å². The Labute approximate surface area is 229 Å². The molecule has 0 bridgehead atoms. The highest BCUT2D eigenvalue weighted by Gasteiger charge is 2.21. The van der Waals surface area contributed by atoms with Gasteiger partial charge in [-0.05, 0) is 74.7 Å². The van der Waals surface area contributed by atoms with Gasteiger partial charge >= 0.3 is 0 Å². The second-order valence-electron chi connectivity index (χ2n) is 10.8. The number of ether oxygens (including phenoxy) is 1. The van der Waals surface area contributed by atoms with E-state index in [4.69, 9.17) is 9.72 Å². The third kappa shape index (κ3) is 5.27. The van der Waals surface area contributed by atoms with Crippen molar-refractivity contribution in [3.8, 4) is 11.1 Å². The molecule has 0 aliphatic carbocycles. The maximum Gasteiger partial charge on any atom is 0.260 e. The monoisotopic (exact) mass is 524 g/mol. The van der Waals surface area contributed by atoms with Gasteiger partial charge < -0.3 is 19.9 Å². The highest BCUT2D eigenvalue weighted by Crippen LogP contribution is 2.28. The van der Waals surface area contributed by atoms with Crippen molar-refractivity contribution in [1.29, 1.82) is 0 Å². The van der Waals surface area contributed by atoms with E-state index in [0.29, 0.717) is 23.7 Å². The largest absolute Gasteiger partial charge is 0.376 e. The van der Waals surface area contributed by atoms with Gasteiger partial charge in [0, 0.05) is 61.3 Å². The normalized spacial score (nSPS) is 18.1. The molecule has 2 aliphatic rings. The maximum absolute atomic E-state index is 13.9. The summed E-state index contributed by atoms with van der Waals surface area (Å²) >= 11 is 0. The minimum Gasteiger partial charge on any atom is -0.376 e. The highest BCUT2D eigenvalue weighted by atomic mass is 16.5. The molecule has 2 aromatic carbocycles.